The molecule has 0 radical (unpaired) electrons. The van der Waals surface area contributed by atoms with Crippen LogP contribution in [0.3, 0.4) is 0 Å². The fourth-order valence-corrected chi connectivity index (χ4v) is 2.74. The Bertz CT molecular complexity index is 766. The van der Waals surface area contributed by atoms with E-state index in [2.05, 4.69) is 23.2 Å². The molecular formula is C20H19NO. The number of aliphatic hydroxyl groups is 1. The minimum Gasteiger partial charge on any atom is -0.382 e. The van der Waals surface area contributed by atoms with Gasteiger partial charge in [0.1, 0.15) is 6.10 Å². The van der Waals surface area contributed by atoms with Gasteiger partial charge in [-0.3, -0.25) is 4.98 Å². The first-order chi connectivity index (χ1) is 10.7. The highest BCUT2D eigenvalue weighted by molar-refractivity contribution is 5.68. The molecule has 110 valence electrons. The lowest BCUT2D eigenvalue weighted by atomic mass is 9.95. The molecule has 1 aromatic heterocycles. The molecule has 0 bridgehead atoms. The predicted molar refractivity (Wildman–Crippen MR) is 89.7 cm³/mol. The molecule has 0 fully saturated rings. The van der Waals surface area contributed by atoms with Crippen molar-refractivity contribution in [2.75, 3.05) is 0 Å². The maximum Gasteiger partial charge on any atom is 0.121 e. The summed E-state index contributed by atoms with van der Waals surface area (Å²) in [7, 11) is 0. The molecule has 3 aromatic rings. The van der Waals surface area contributed by atoms with Crippen LogP contribution in [0.25, 0.3) is 11.1 Å². The molecule has 3 rings (SSSR count). The topological polar surface area (TPSA) is 33.1 Å². The number of benzene rings is 2. The van der Waals surface area contributed by atoms with Crippen LogP contribution in [0.5, 0.6) is 0 Å². The molecule has 0 aliphatic carbocycles. The van der Waals surface area contributed by atoms with Crippen LogP contribution in [0.15, 0.2) is 66.7 Å². The van der Waals surface area contributed by atoms with Crippen LogP contribution in [-0.4, -0.2) is 10.1 Å². The Morgan fingerprint density at radius 3 is 2.09 bits per heavy atom. The fraction of sp³-hybridized carbons (Fsp3) is 0.150. The number of aryl methyl sites for hydroxylation is 1. The van der Waals surface area contributed by atoms with E-state index in [-0.39, 0.29) is 0 Å². The number of rotatable bonds is 3. The molecule has 1 N–H and O–H groups in total. The van der Waals surface area contributed by atoms with Crippen LogP contribution in [0.2, 0.25) is 0 Å². The molecule has 2 nitrogen and oxygen atoms in total. The summed E-state index contributed by atoms with van der Waals surface area (Å²) in [6.07, 6.45) is -0.705. The van der Waals surface area contributed by atoms with Gasteiger partial charge in [0.2, 0.25) is 0 Å². The van der Waals surface area contributed by atoms with Crippen molar-refractivity contribution in [2.45, 2.75) is 20.0 Å². The van der Waals surface area contributed by atoms with Crippen LogP contribution in [-0.2, 0) is 0 Å². The zero-order valence-corrected chi connectivity index (χ0v) is 12.8. The molecule has 0 saturated carbocycles. The lowest BCUT2D eigenvalue weighted by molar-refractivity contribution is 0.214. The van der Waals surface area contributed by atoms with E-state index >= 15 is 0 Å². The van der Waals surface area contributed by atoms with Gasteiger partial charge in [0.15, 0.2) is 0 Å². The molecule has 1 atom stereocenters. The summed E-state index contributed by atoms with van der Waals surface area (Å²) in [5.41, 5.74) is 5.79. The second-order valence-corrected chi connectivity index (χ2v) is 5.50. The third-order valence-corrected chi connectivity index (χ3v) is 3.90. The number of hydrogen-bond donors (Lipinski definition) is 1. The van der Waals surface area contributed by atoms with Gasteiger partial charge < -0.3 is 5.11 Å². The summed E-state index contributed by atoms with van der Waals surface area (Å²) < 4.78 is 0. The summed E-state index contributed by atoms with van der Waals surface area (Å²) in [6.45, 7) is 3.99. The van der Waals surface area contributed by atoms with Crippen LogP contribution < -0.4 is 0 Å². The third-order valence-electron chi connectivity index (χ3n) is 3.90. The molecule has 1 unspecified atom stereocenters. The molecule has 0 amide bonds. The van der Waals surface area contributed by atoms with E-state index in [0.29, 0.717) is 0 Å². The van der Waals surface area contributed by atoms with Crippen molar-refractivity contribution in [1.82, 2.24) is 4.98 Å². The van der Waals surface area contributed by atoms with Gasteiger partial charge >= 0.3 is 0 Å². The maximum atomic E-state index is 10.7. The fourth-order valence-electron chi connectivity index (χ4n) is 2.74. The molecule has 2 aromatic carbocycles. The third kappa shape index (κ3) is 2.78. The molecule has 1 heterocycles. The number of aliphatic hydroxyl groups excluding tert-OH is 1. The van der Waals surface area contributed by atoms with Gasteiger partial charge in [-0.2, -0.15) is 0 Å². The van der Waals surface area contributed by atoms with E-state index in [1.54, 1.807) is 0 Å². The summed E-state index contributed by atoms with van der Waals surface area (Å²) >= 11 is 0. The lowest BCUT2D eigenvalue weighted by Crippen LogP contribution is -2.07. The van der Waals surface area contributed by atoms with Crippen molar-refractivity contribution in [3.63, 3.8) is 0 Å². The van der Waals surface area contributed by atoms with Gasteiger partial charge in [-0.05, 0) is 42.2 Å². The minimum atomic E-state index is -0.705. The number of pyridine rings is 1. The highest BCUT2D eigenvalue weighted by Gasteiger charge is 2.17. The summed E-state index contributed by atoms with van der Waals surface area (Å²) in [5.74, 6) is 0. The molecule has 0 spiro atoms. The smallest absolute Gasteiger partial charge is 0.121 e. The van der Waals surface area contributed by atoms with Gasteiger partial charge in [-0.1, -0.05) is 60.7 Å². The van der Waals surface area contributed by atoms with Crippen LogP contribution >= 0.6 is 0 Å². The molecule has 0 saturated heterocycles. The van der Waals surface area contributed by atoms with Crippen molar-refractivity contribution < 1.29 is 5.11 Å². The van der Waals surface area contributed by atoms with Crippen molar-refractivity contribution in [3.05, 3.63) is 89.2 Å². The number of aromatic nitrogens is 1. The highest BCUT2D eigenvalue weighted by Crippen LogP contribution is 2.31. The lowest BCUT2D eigenvalue weighted by Gasteiger charge is -2.17. The monoisotopic (exact) mass is 289 g/mol. The zero-order chi connectivity index (χ0) is 15.5. The summed E-state index contributed by atoms with van der Waals surface area (Å²) in [6, 6.07) is 22.0. The quantitative estimate of drug-likeness (QED) is 0.773. The van der Waals surface area contributed by atoms with Crippen LogP contribution in [0.1, 0.15) is 28.6 Å². The van der Waals surface area contributed by atoms with Crippen molar-refractivity contribution >= 4 is 0 Å². The highest BCUT2D eigenvalue weighted by atomic mass is 16.3. The zero-order valence-electron chi connectivity index (χ0n) is 12.8. The first-order valence-corrected chi connectivity index (χ1v) is 7.43. The van der Waals surface area contributed by atoms with Gasteiger partial charge in [-0.15, -0.1) is 0 Å². The Kier molecular flexibility index (Phi) is 4.03. The molecule has 0 aliphatic rings. The first-order valence-electron chi connectivity index (χ1n) is 7.43. The molecule has 22 heavy (non-hydrogen) atoms. The Morgan fingerprint density at radius 2 is 1.45 bits per heavy atom. The van der Waals surface area contributed by atoms with Crippen LogP contribution in [0, 0.1) is 13.8 Å². The van der Waals surface area contributed by atoms with E-state index in [1.807, 2.05) is 62.4 Å². The van der Waals surface area contributed by atoms with E-state index in [4.69, 9.17) is 0 Å². The van der Waals surface area contributed by atoms with E-state index in [1.165, 1.54) is 0 Å². The molecular weight excluding hydrogens is 270 g/mol. The van der Waals surface area contributed by atoms with Gasteiger partial charge in [0.25, 0.3) is 0 Å². The normalized spacial score (nSPS) is 12.1. The van der Waals surface area contributed by atoms with E-state index in [9.17, 15) is 5.11 Å². The second kappa shape index (κ2) is 6.12. The first kappa shape index (κ1) is 14.5. The Balaban J connectivity index is 2.12. The SMILES string of the molecule is Cc1cc(-c2ccccc2)c(C)c(C(O)c2ccccc2)n1. The van der Waals surface area contributed by atoms with Crippen molar-refractivity contribution in [2.24, 2.45) is 0 Å². The van der Waals surface area contributed by atoms with Gasteiger partial charge in [0, 0.05) is 5.69 Å². The van der Waals surface area contributed by atoms with Gasteiger partial charge in [-0.25, -0.2) is 0 Å². The molecule has 0 aliphatic heterocycles. The minimum absolute atomic E-state index is 0.705. The average Bonchev–Trinajstić information content (AvgIpc) is 2.57. The van der Waals surface area contributed by atoms with Gasteiger partial charge in [0.05, 0.1) is 5.69 Å². The Hall–Kier alpha value is -2.45. The van der Waals surface area contributed by atoms with Crippen molar-refractivity contribution in [3.8, 4) is 11.1 Å². The van der Waals surface area contributed by atoms with E-state index in [0.717, 1.165) is 33.6 Å². The predicted octanol–water partition coefficient (Wildman–Crippen LogP) is 4.45. The number of hydrogen-bond acceptors (Lipinski definition) is 2. The second-order valence-electron chi connectivity index (χ2n) is 5.50. The maximum absolute atomic E-state index is 10.7. The Morgan fingerprint density at radius 1 is 0.864 bits per heavy atom. The summed E-state index contributed by atoms with van der Waals surface area (Å²) in [4.78, 5) is 4.59. The average molecular weight is 289 g/mol. The standard InChI is InChI=1S/C20H19NO/c1-14-13-18(16-9-5-3-6-10-16)15(2)19(21-14)20(22)17-11-7-4-8-12-17/h3-13,20,22H,1-2H3. The van der Waals surface area contributed by atoms with E-state index < -0.39 is 6.10 Å². The molecule has 2 heteroatoms. The Labute approximate surface area is 131 Å². The number of nitrogens with zero attached hydrogens (tertiary/aromatic N) is 1. The summed E-state index contributed by atoms with van der Waals surface area (Å²) in [5, 5.41) is 10.7. The van der Waals surface area contributed by atoms with Crippen LogP contribution in [0.4, 0.5) is 0 Å². The largest absolute Gasteiger partial charge is 0.382 e. The van der Waals surface area contributed by atoms with Crippen molar-refractivity contribution in [1.29, 1.82) is 0 Å².